The summed E-state index contributed by atoms with van der Waals surface area (Å²) in [4.78, 5) is 27.4. The number of carbonyl (C=O) groups excluding carboxylic acids is 1. The minimum atomic E-state index is -0.563. The Morgan fingerprint density at radius 2 is 1.86 bits per heavy atom. The van der Waals surface area contributed by atoms with E-state index in [0.29, 0.717) is 5.69 Å². The van der Waals surface area contributed by atoms with Crippen molar-refractivity contribution < 1.29 is 9.72 Å². The fourth-order valence-electron chi connectivity index (χ4n) is 3.18. The van der Waals surface area contributed by atoms with E-state index >= 15 is 0 Å². The van der Waals surface area contributed by atoms with E-state index in [1.165, 1.54) is 12.1 Å². The molecule has 0 aliphatic heterocycles. The van der Waals surface area contributed by atoms with Crippen LogP contribution in [0.25, 0.3) is 16.7 Å². The second-order valence-corrected chi connectivity index (χ2v) is 6.82. The number of imidazole rings is 1. The van der Waals surface area contributed by atoms with Crippen LogP contribution in [-0.4, -0.2) is 20.4 Å². The van der Waals surface area contributed by atoms with Gasteiger partial charge in [-0.05, 0) is 43.3 Å². The van der Waals surface area contributed by atoms with Crippen molar-refractivity contribution in [2.24, 2.45) is 0 Å². The Morgan fingerprint density at radius 1 is 1.10 bits per heavy atom. The number of aromatic nitrogens is 2. The van der Waals surface area contributed by atoms with Crippen LogP contribution in [0.2, 0.25) is 5.02 Å². The zero-order valence-electron chi connectivity index (χ0n) is 15.3. The number of fused-ring (bicyclic) bond motifs is 1. The van der Waals surface area contributed by atoms with Gasteiger partial charge in [-0.25, -0.2) is 4.98 Å². The molecule has 0 bridgehead atoms. The maximum absolute atomic E-state index is 12.6. The lowest BCUT2D eigenvalue weighted by molar-refractivity contribution is -0.384. The van der Waals surface area contributed by atoms with Crippen molar-refractivity contribution in [3.05, 3.63) is 93.3 Å². The third-order valence-corrected chi connectivity index (χ3v) is 4.82. The molecule has 7 nitrogen and oxygen atoms in total. The summed E-state index contributed by atoms with van der Waals surface area (Å²) >= 11 is 6.04. The van der Waals surface area contributed by atoms with Crippen LogP contribution in [0.1, 0.15) is 16.2 Å². The Kier molecular flexibility index (Phi) is 4.74. The molecule has 0 radical (unpaired) electrons. The number of benzene rings is 3. The summed E-state index contributed by atoms with van der Waals surface area (Å²) in [7, 11) is 0. The standard InChI is InChI=1S/C21H15ClN4O3/c1-13-23-19-11-14(7-10-20(19)25(13)15-5-3-2-4-6-15)24-21(27)17-9-8-16(26(28)29)12-18(17)22/h2-12H,1H3,(H,24,27). The molecule has 29 heavy (non-hydrogen) atoms. The third kappa shape index (κ3) is 3.55. The molecule has 0 saturated heterocycles. The van der Waals surface area contributed by atoms with Gasteiger partial charge >= 0.3 is 0 Å². The van der Waals surface area contributed by atoms with Gasteiger partial charge in [0.15, 0.2) is 0 Å². The van der Waals surface area contributed by atoms with Crippen molar-refractivity contribution in [2.75, 3.05) is 5.32 Å². The first-order valence-electron chi connectivity index (χ1n) is 8.74. The molecule has 0 aliphatic rings. The first kappa shape index (κ1) is 18.6. The van der Waals surface area contributed by atoms with Crippen molar-refractivity contribution in [1.82, 2.24) is 9.55 Å². The number of hydrogen-bond acceptors (Lipinski definition) is 4. The highest BCUT2D eigenvalue weighted by Gasteiger charge is 2.16. The van der Waals surface area contributed by atoms with Crippen LogP contribution in [-0.2, 0) is 0 Å². The number of nitro benzene ring substituents is 1. The smallest absolute Gasteiger partial charge is 0.270 e. The van der Waals surface area contributed by atoms with E-state index in [4.69, 9.17) is 11.6 Å². The minimum absolute atomic E-state index is 0.0157. The zero-order chi connectivity index (χ0) is 20.5. The number of aryl methyl sites for hydroxylation is 1. The maximum atomic E-state index is 12.6. The van der Waals surface area contributed by atoms with Gasteiger partial charge in [0.05, 0.1) is 26.5 Å². The SMILES string of the molecule is Cc1nc2cc(NC(=O)c3ccc([N+](=O)[O-])cc3Cl)ccc2n1-c1ccccc1. The lowest BCUT2D eigenvalue weighted by atomic mass is 10.2. The second kappa shape index (κ2) is 7.37. The fourth-order valence-corrected chi connectivity index (χ4v) is 3.44. The molecule has 1 aromatic heterocycles. The van der Waals surface area contributed by atoms with Crippen LogP contribution in [0.5, 0.6) is 0 Å². The van der Waals surface area contributed by atoms with Crippen LogP contribution in [0.3, 0.4) is 0 Å². The normalized spacial score (nSPS) is 10.8. The van der Waals surface area contributed by atoms with Gasteiger partial charge in [-0.1, -0.05) is 29.8 Å². The summed E-state index contributed by atoms with van der Waals surface area (Å²) in [6.07, 6.45) is 0. The lowest BCUT2D eigenvalue weighted by Crippen LogP contribution is -2.12. The molecular formula is C21H15ClN4O3. The number of carbonyl (C=O) groups is 1. The number of nitro groups is 1. The van der Waals surface area contributed by atoms with Crippen LogP contribution in [0, 0.1) is 17.0 Å². The highest BCUT2D eigenvalue weighted by Crippen LogP contribution is 2.26. The van der Waals surface area contributed by atoms with E-state index in [-0.39, 0.29) is 16.3 Å². The largest absolute Gasteiger partial charge is 0.322 e. The van der Waals surface area contributed by atoms with Crippen molar-refractivity contribution >= 4 is 39.9 Å². The minimum Gasteiger partial charge on any atom is -0.322 e. The van der Waals surface area contributed by atoms with E-state index in [0.717, 1.165) is 28.6 Å². The summed E-state index contributed by atoms with van der Waals surface area (Å²) in [5.41, 5.74) is 3.19. The Hall–Kier alpha value is -3.71. The number of para-hydroxylation sites is 1. The highest BCUT2D eigenvalue weighted by atomic mass is 35.5. The summed E-state index contributed by atoms with van der Waals surface area (Å²) in [6, 6.07) is 19.1. The Bertz CT molecular complexity index is 1250. The molecule has 0 unspecified atom stereocenters. The molecule has 0 saturated carbocycles. The summed E-state index contributed by atoms with van der Waals surface area (Å²) in [6.45, 7) is 1.92. The van der Waals surface area contributed by atoms with E-state index in [9.17, 15) is 14.9 Å². The second-order valence-electron chi connectivity index (χ2n) is 6.41. The number of amides is 1. The molecule has 4 rings (SSSR count). The first-order chi connectivity index (χ1) is 13.9. The summed E-state index contributed by atoms with van der Waals surface area (Å²) in [5.74, 6) is 0.372. The van der Waals surface area contributed by atoms with Gasteiger partial charge in [0.1, 0.15) is 5.82 Å². The van der Waals surface area contributed by atoms with Gasteiger partial charge in [-0.15, -0.1) is 0 Å². The Balaban J connectivity index is 1.64. The molecule has 3 aromatic carbocycles. The monoisotopic (exact) mass is 406 g/mol. The Labute approximate surface area is 170 Å². The average Bonchev–Trinajstić information content (AvgIpc) is 3.03. The average molecular weight is 407 g/mol. The third-order valence-electron chi connectivity index (χ3n) is 4.50. The van der Waals surface area contributed by atoms with Crippen molar-refractivity contribution in [1.29, 1.82) is 0 Å². The van der Waals surface area contributed by atoms with E-state index in [2.05, 4.69) is 10.3 Å². The van der Waals surface area contributed by atoms with Gasteiger partial charge in [-0.2, -0.15) is 0 Å². The van der Waals surface area contributed by atoms with Gasteiger partial charge in [0.25, 0.3) is 11.6 Å². The van der Waals surface area contributed by atoms with Crippen molar-refractivity contribution in [2.45, 2.75) is 6.92 Å². The predicted molar refractivity (Wildman–Crippen MR) is 112 cm³/mol. The van der Waals surface area contributed by atoms with E-state index < -0.39 is 10.8 Å². The number of non-ortho nitro benzene ring substituents is 1. The summed E-state index contributed by atoms with van der Waals surface area (Å²) < 4.78 is 2.04. The number of hydrogen-bond donors (Lipinski definition) is 1. The van der Waals surface area contributed by atoms with Crippen molar-refractivity contribution in [3.63, 3.8) is 0 Å². The first-order valence-corrected chi connectivity index (χ1v) is 9.11. The van der Waals surface area contributed by atoms with Crippen LogP contribution in [0.4, 0.5) is 11.4 Å². The van der Waals surface area contributed by atoms with Gasteiger partial charge < -0.3 is 5.32 Å². The molecule has 1 amide bonds. The topological polar surface area (TPSA) is 90.1 Å². The number of anilines is 1. The molecule has 144 valence electrons. The van der Waals surface area contributed by atoms with Gasteiger partial charge in [-0.3, -0.25) is 19.5 Å². The van der Waals surface area contributed by atoms with E-state index in [1.807, 2.05) is 47.9 Å². The number of halogens is 1. The lowest BCUT2D eigenvalue weighted by Gasteiger charge is -2.08. The molecule has 4 aromatic rings. The molecule has 8 heteroatoms. The fraction of sp³-hybridized carbons (Fsp3) is 0.0476. The molecule has 0 spiro atoms. The van der Waals surface area contributed by atoms with Gasteiger partial charge in [0.2, 0.25) is 0 Å². The molecule has 0 atom stereocenters. The quantitative estimate of drug-likeness (QED) is 0.375. The zero-order valence-corrected chi connectivity index (χ0v) is 16.1. The van der Waals surface area contributed by atoms with E-state index in [1.54, 1.807) is 12.1 Å². The number of nitrogens with one attached hydrogen (secondary N) is 1. The maximum Gasteiger partial charge on any atom is 0.270 e. The molecular weight excluding hydrogens is 392 g/mol. The molecule has 1 heterocycles. The summed E-state index contributed by atoms with van der Waals surface area (Å²) in [5, 5.41) is 13.6. The van der Waals surface area contributed by atoms with Crippen molar-refractivity contribution in [3.8, 4) is 5.69 Å². The molecule has 0 aliphatic carbocycles. The van der Waals surface area contributed by atoms with Gasteiger partial charge in [0, 0.05) is 23.5 Å². The van der Waals surface area contributed by atoms with Crippen LogP contribution >= 0.6 is 11.6 Å². The highest BCUT2D eigenvalue weighted by molar-refractivity contribution is 6.34. The molecule has 0 fully saturated rings. The predicted octanol–water partition coefficient (Wildman–Crippen LogP) is 5.15. The Morgan fingerprint density at radius 3 is 2.55 bits per heavy atom. The molecule has 1 N–H and O–H groups in total. The number of nitrogens with zero attached hydrogens (tertiary/aromatic N) is 3. The number of rotatable bonds is 4. The van der Waals surface area contributed by atoms with Crippen LogP contribution in [0.15, 0.2) is 66.7 Å². The van der Waals surface area contributed by atoms with Crippen LogP contribution < -0.4 is 5.32 Å².